The number of rotatable bonds is 2. The van der Waals surface area contributed by atoms with E-state index < -0.39 is 0 Å². The molecule has 0 saturated heterocycles. The van der Waals surface area contributed by atoms with Gasteiger partial charge in [0.15, 0.2) is 0 Å². The highest BCUT2D eigenvalue weighted by molar-refractivity contribution is 5.56. The summed E-state index contributed by atoms with van der Waals surface area (Å²) in [5.41, 5.74) is 15.1. The number of nitrogen functional groups attached to an aromatic ring is 2. The van der Waals surface area contributed by atoms with Crippen molar-refractivity contribution in [2.75, 3.05) is 11.5 Å². The van der Waals surface area contributed by atoms with Gasteiger partial charge in [0.2, 0.25) is 0 Å². The van der Waals surface area contributed by atoms with Crippen molar-refractivity contribution in [3.63, 3.8) is 0 Å². The number of nitrogens with two attached hydrogens (primary N) is 2. The predicted molar refractivity (Wildman–Crippen MR) is 62.3 cm³/mol. The van der Waals surface area contributed by atoms with Gasteiger partial charge in [-0.15, -0.1) is 0 Å². The van der Waals surface area contributed by atoms with Gasteiger partial charge in [0.05, 0.1) is 0 Å². The number of pyridine rings is 1. The molecule has 0 fully saturated rings. The van der Waals surface area contributed by atoms with Crippen molar-refractivity contribution in [3.8, 4) is 0 Å². The number of hydrogen-bond acceptors (Lipinski definition) is 3. The molecule has 0 aliphatic carbocycles. The highest BCUT2D eigenvalue weighted by Gasteiger charge is 2.01. The molecular weight excluding hydrogens is 186 g/mol. The molecule has 0 atom stereocenters. The number of anilines is 2. The summed E-state index contributed by atoms with van der Waals surface area (Å²) < 4.78 is 0. The largest absolute Gasteiger partial charge is 0.399 e. The van der Waals surface area contributed by atoms with Crippen LogP contribution >= 0.6 is 0 Å². The van der Waals surface area contributed by atoms with Crippen molar-refractivity contribution in [3.05, 3.63) is 53.9 Å². The van der Waals surface area contributed by atoms with Crippen LogP contribution < -0.4 is 11.5 Å². The van der Waals surface area contributed by atoms with Gasteiger partial charge in [-0.1, -0.05) is 6.07 Å². The summed E-state index contributed by atoms with van der Waals surface area (Å²) in [6, 6.07) is 11.4. The normalized spacial score (nSPS) is 10.1. The lowest BCUT2D eigenvalue weighted by Crippen LogP contribution is -1.98. The molecule has 1 aromatic heterocycles. The molecular formula is C12H13N3. The second kappa shape index (κ2) is 4.00. The molecule has 0 bridgehead atoms. The maximum atomic E-state index is 5.85. The zero-order valence-corrected chi connectivity index (χ0v) is 8.35. The molecule has 0 unspecified atom stereocenters. The summed E-state index contributed by atoms with van der Waals surface area (Å²) in [5.74, 6) is 0. The highest BCUT2D eigenvalue weighted by Crippen LogP contribution is 2.18. The van der Waals surface area contributed by atoms with Crippen molar-refractivity contribution >= 4 is 11.4 Å². The second-order valence-electron chi connectivity index (χ2n) is 3.46. The number of aromatic nitrogens is 1. The maximum absolute atomic E-state index is 5.85. The van der Waals surface area contributed by atoms with Crippen molar-refractivity contribution < 1.29 is 0 Å². The van der Waals surface area contributed by atoms with Crippen LogP contribution in [-0.2, 0) is 6.42 Å². The quantitative estimate of drug-likeness (QED) is 0.725. The first-order valence-corrected chi connectivity index (χ1v) is 4.79. The summed E-state index contributed by atoms with van der Waals surface area (Å²) in [5, 5.41) is 0. The summed E-state index contributed by atoms with van der Waals surface area (Å²) in [6.45, 7) is 0. The van der Waals surface area contributed by atoms with Crippen LogP contribution in [0.15, 0.2) is 42.6 Å². The smallest absolute Gasteiger partial charge is 0.0448 e. The molecule has 4 N–H and O–H groups in total. The first-order chi connectivity index (χ1) is 7.25. The zero-order chi connectivity index (χ0) is 10.7. The molecule has 0 saturated carbocycles. The van der Waals surface area contributed by atoms with Crippen molar-refractivity contribution in [2.24, 2.45) is 0 Å². The van der Waals surface area contributed by atoms with Gasteiger partial charge in [-0.25, -0.2) is 0 Å². The Morgan fingerprint density at radius 2 is 1.93 bits per heavy atom. The highest BCUT2D eigenvalue weighted by atomic mass is 14.7. The Kier molecular flexibility index (Phi) is 2.54. The third-order valence-corrected chi connectivity index (χ3v) is 2.26. The molecule has 1 aromatic carbocycles. The van der Waals surface area contributed by atoms with Crippen molar-refractivity contribution in [1.82, 2.24) is 4.98 Å². The molecule has 0 spiro atoms. The van der Waals surface area contributed by atoms with E-state index >= 15 is 0 Å². The monoisotopic (exact) mass is 199 g/mol. The Morgan fingerprint density at radius 1 is 1.07 bits per heavy atom. The SMILES string of the molecule is Nc1ccc(N)c(Cc2ccccn2)c1. The van der Waals surface area contributed by atoms with E-state index in [1.54, 1.807) is 12.3 Å². The van der Waals surface area contributed by atoms with E-state index in [-0.39, 0.29) is 0 Å². The van der Waals surface area contributed by atoms with Gasteiger partial charge in [-0.2, -0.15) is 0 Å². The summed E-state index contributed by atoms with van der Waals surface area (Å²) >= 11 is 0. The van der Waals surface area contributed by atoms with E-state index in [4.69, 9.17) is 11.5 Å². The lowest BCUT2D eigenvalue weighted by molar-refractivity contribution is 1.08. The van der Waals surface area contributed by atoms with Crippen LogP contribution in [0.4, 0.5) is 11.4 Å². The zero-order valence-electron chi connectivity index (χ0n) is 8.35. The lowest BCUT2D eigenvalue weighted by Gasteiger charge is -2.05. The first kappa shape index (κ1) is 9.52. The van der Waals surface area contributed by atoms with E-state index in [0.29, 0.717) is 0 Å². The van der Waals surface area contributed by atoms with E-state index in [2.05, 4.69) is 4.98 Å². The predicted octanol–water partition coefficient (Wildman–Crippen LogP) is 1.84. The summed E-state index contributed by atoms with van der Waals surface area (Å²) in [4.78, 5) is 4.25. The Balaban J connectivity index is 2.28. The van der Waals surface area contributed by atoms with Crippen LogP contribution in [0.5, 0.6) is 0 Å². The average molecular weight is 199 g/mol. The summed E-state index contributed by atoms with van der Waals surface area (Å²) in [7, 11) is 0. The van der Waals surface area contributed by atoms with Crippen molar-refractivity contribution in [2.45, 2.75) is 6.42 Å². The molecule has 1 heterocycles. The van der Waals surface area contributed by atoms with Gasteiger partial charge in [0, 0.05) is 29.7 Å². The number of benzene rings is 1. The summed E-state index contributed by atoms with van der Waals surface area (Å²) in [6.07, 6.45) is 2.50. The fraction of sp³-hybridized carbons (Fsp3) is 0.0833. The minimum atomic E-state index is 0.720. The van der Waals surface area contributed by atoms with Gasteiger partial charge < -0.3 is 11.5 Å². The maximum Gasteiger partial charge on any atom is 0.0448 e. The molecule has 0 aliphatic heterocycles. The Morgan fingerprint density at radius 3 is 2.67 bits per heavy atom. The van der Waals surface area contributed by atoms with E-state index in [0.717, 1.165) is 29.1 Å². The third-order valence-electron chi connectivity index (χ3n) is 2.26. The van der Waals surface area contributed by atoms with Gasteiger partial charge >= 0.3 is 0 Å². The van der Waals surface area contributed by atoms with Gasteiger partial charge in [0.25, 0.3) is 0 Å². The minimum Gasteiger partial charge on any atom is -0.399 e. The molecule has 76 valence electrons. The number of nitrogens with zero attached hydrogens (tertiary/aromatic N) is 1. The second-order valence-corrected chi connectivity index (χ2v) is 3.46. The Bertz CT molecular complexity index is 452. The molecule has 3 nitrogen and oxygen atoms in total. The Labute approximate surface area is 88.8 Å². The van der Waals surface area contributed by atoms with Crippen LogP contribution in [0, 0.1) is 0 Å². The van der Waals surface area contributed by atoms with Crippen LogP contribution in [0.3, 0.4) is 0 Å². The average Bonchev–Trinajstić information content (AvgIpc) is 2.25. The molecule has 2 rings (SSSR count). The van der Waals surface area contributed by atoms with Crippen LogP contribution in [-0.4, -0.2) is 4.98 Å². The van der Waals surface area contributed by atoms with E-state index in [1.165, 1.54) is 0 Å². The molecule has 0 radical (unpaired) electrons. The molecule has 3 heteroatoms. The minimum absolute atomic E-state index is 0.720. The van der Waals surface area contributed by atoms with Crippen molar-refractivity contribution in [1.29, 1.82) is 0 Å². The fourth-order valence-corrected chi connectivity index (χ4v) is 1.48. The molecule has 15 heavy (non-hydrogen) atoms. The van der Waals surface area contributed by atoms with Crippen LogP contribution in [0.1, 0.15) is 11.3 Å². The molecule has 0 amide bonds. The van der Waals surface area contributed by atoms with Gasteiger partial charge in [-0.05, 0) is 35.9 Å². The first-order valence-electron chi connectivity index (χ1n) is 4.79. The molecule has 2 aromatic rings. The lowest BCUT2D eigenvalue weighted by atomic mass is 10.1. The molecule has 0 aliphatic rings. The standard InChI is InChI=1S/C12H13N3/c13-10-4-5-12(14)9(7-10)8-11-3-1-2-6-15-11/h1-7H,8,13-14H2. The topological polar surface area (TPSA) is 64.9 Å². The number of hydrogen-bond donors (Lipinski definition) is 2. The van der Waals surface area contributed by atoms with E-state index in [9.17, 15) is 0 Å². The van der Waals surface area contributed by atoms with Crippen LogP contribution in [0.2, 0.25) is 0 Å². The fourth-order valence-electron chi connectivity index (χ4n) is 1.48. The third kappa shape index (κ3) is 2.26. The van der Waals surface area contributed by atoms with Gasteiger partial charge in [0.1, 0.15) is 0 Å². The Hall–Kier alpha value is -2.03. The van der Waals surface area contributed by atoms with Crippen LogP contribution in [0.25, 0.3) is 0 Å². The van der Waals surface area contributed by atoms with E-state index in [1.807, 2.05) is 30.3 Å². The van der Waals surface area contributed by atoms with Gasteiger partial charge in [-0.3, -0.25) is 4.98 Å².